The molecule has 0 amide bonds. The van der Waals surface area contributed by atoms with Gasteiger partial charge in [-0.25, -0.2) is 9.59 Å². The van der Waals surface area contributed by atoms with Crippen LogP contribution in [0.3, 0.4) is 0 Å². The van der Waals surface area contributed by atoms with Crippen LogP contribution in [0.15, 0.2) is 11.7 Å². The summed E-state index contributed by atoms with van der Waals surface area (Å²) in [5, 5.41) is 0. The van der Waals surface area contributed by atoms with Gasteiger partial charge < -0.3 is 34.1 Å². The Morgan fingerprint density at radius 2 is 1.61 bits per heavy atom. The van der Waals surface area contributed by atoms with Crippen LogP contribution in [-0.4, -0.2) is 51.8 Å². The van der Waals surface area contributed by atoms with E-state index < -0.39 is 17.8 Å². The summed E-state index contributed by atoms with van der Waals surface area (Å²) >= 11 is 4.24. The minimum Gasteiger partial charge on any atom is -0.694 e. The van der Waals surface area contributed by atoms with Gasteiger partial charge in [-0.05, 0) is 20.8 Å². The number of carbonyl (C=O) groups excluding carboxylic acids is 3. The fraction of sp³-hybridized carbons (Fsp3) is 0.643. The first-order chi connectivity index (χ1) is 11.6. The number of hydrogen-bond acceptors (Lipinski definition) is 8. The van der Waals surface area contributed by atoms with Gasteiger partial charge >= 0.3 is 17.9 Å². The molecule has 2 aliphatic heterocycles. The van der Waals surface area contributed by atoms with Crippen LogP contribution in [0.1, 0.15) is 43.5 Å². The molecular weight excluding hydrogens is 712 g/mol. The molecule has 0 spiro atoms. The Hall–Kier alpha value is 0.0299. The molecule has 28 heavy (non-hydrogen) atoms. The largest absolute Gasteiger partial charge is 0.694 e. The highest BCUT2D eigenvalue weighted by Crippen LogP contribution is 2.20. The van der Waals surface area contributed by atoms with E-state index in [9.17, 15) is 9.59 Å². The Morgan fingerprint density at radius 1 is 1.14 bits per heavy atom. The predicted octanol–water partition coefficient (Wildman–Crippen LogP) is 1.94. The second-order valence-corrected chi connectivity index (χ2v) is 5.00. The van der Waals surface area contributed by atoms with Crippen LogP contribution in [-0.2, 0) is 37.5 Å². The minimum absolute atomic E-state index is 0. The third-order valence-electron chi connectivity index (χ3n) is 2.62. The van der Waals surface area contributed by atoms with Crippen molar-refractivity contribution in [3.63, 3.8) is 0 Å². The zero-order valence-corrected chi connectivity index (χ0v) is 20.9. The van der Waals surface area contributed by atoms with Crippen LogP contribution in [0.5, 0.6) is 0 Å². The molecule has 3 N–H and O–H groups in total. The second-order valence-electron chi connectivity index (χ2n) is 5.00. The number of esters is 3. The van der Waals surface area contributed by atoms with Crippen molar-refractivity contribution in [2.75, 3.05) is 0 Å². The highest BCUT2D eigenvalue weighted by atomic mass is 128. The fourth-order valence-corrected chi connectivity index (χ4v) is 1.29. The summed E-state index contributed by atoms with van der Waals surface area (Å²) < 4.78 is 30.5. The molecular formula is C14H33B2I3NO8-. The number of allylic oxidation sites excluding steroid dienone is 1. The summed E-state index contributed by atoms with van der Waals surface area (Å²) in [5.41, 5.74) is -0.717. The van der Waals surface area contributed by atoms with Crippen molar-refractivity contribution >= 4 is 95.2 Å². The Morgan fingerprint density at radius 3 is 2.04 bits per heavy atom. The minimum atomic E-state index is -0.717. The lowest BCUT2D eigenvalue weighted by Gasteiger charge is -2.26. The Kier molecular flexibility index (Phi) is 21.3. The summed E-state index contributed by atoms with van der Waals surface area (Å²) in [5.74, 6) is 0.582. The van der Waals surface area contributed by atoms with Crippen LogP contribution >= 0.6 is 61.2 Å². The Bertz CT molecular complexity index is 567. The topological polar surface area (TPSA) is 127 Å². The summed E-state index contributed by atoms with van der Waals surface area (Å²) in [6.07, 6.45) is -1.07. The van der Waals surface area contributed by atoms with Crippen LogP contribution in [0.25, 0.3) is 0 Å². The molecule has 1 fully saturated rings. The molecule has 0 saturated carbocycles. The second kappa shape index (κ2) is 16.8. The number of hydrogen-bond donors (Lipinski definition) is 1. The van der Waals surface area contributed by atoms with Gasteiger partial charge in [-0.15, -0.1) is 24.0 Å². The Balaban J connectivity index is -0.000000108. The molecule has 0 radical (unpaired) electrons. The number of ether oxygens (including phenoxy) is 4. The maximum atomic E-state index is 11.1. The van der Waals surface area contributed by atoms with Gasteiger partial charge in [0.15, 0.2) is 11.9 Å². The van der Waals surface area contributed by atoms with Gasteiger partial charge in [0.1, 0.15) is 8.05 Å². The van der Waals surface area contributed by atoms with Gasteiger partial charge in [-0.3, -0.25) is 0 Å². The van der Waals surface area contributed by atoms with E-state index >= 15 is 0 Å². The lowest BCUT2D eigenvalue weighted by atomic mass is 10.1. The lowest BCUT2D eigenvalue weighted by Crippen LogP contribution is -2.49. The highest BCUT2D eigenvalue weighted by molar-refractivity contribution is 15.0. The number of cyclic esters (lactones) is 3. The van der Waals surface area contributed by atoms with Crippen LogP contribution in [0.2, 0.25) is 0 Å². The highest BCUT2D eigenvalue weighted by Gasteiger charge is 2.48. The lowest BCUT2D eigenvalue weighted by molar-refractivity contribution is -0.311. The molecule has 14 heteroatoms. The summed E-state index contributed by atoms with van der Waals surface area (Å²) in [6, 6.07) is 0. The normalized spacial score (nSPS) is 23.1. The zero-order chi connectivity index (χ0) is 19.8. The molecule has 0 bridgehead atoms. The molecule has 0 aromatic carbocycles. The maximum absolute atomic E-state index is 11.1. The number of rotatable bonds is 1. The molecule has 1 saturated heterocycles. The molecule has 2 rings (SSSR count). The SMILES string of the molecule is C.I.II.N.[BH3-]OC1=C(C)OC(=O)[C@H](C)O1.[BH3-][O+]=C1O[C@@H](C)C(=O)OC1(C)C.[HH]. The van der Waals surface area contributed by atoms with Crippen molar-refractivity contribution in [2.24, 2.45) is 0 Å². The molecule has 2 heterocycles. The number of carbonyl (C=O) groups is 2. The summed E-state index contributed by atoms with van der Waals surface area (Å²) in [7, 11) is -0.452. The van der Waals surface area contributed by atoms with Gasteiger partial charge in [0.2, 0.25) is 0 Å². The molecule has 0 aliphatic carbocycles. The first-order valence-corrected chi connectivity index (χ1v) is 12.7. The van der Waals surface area contributed by atoms with Gasteiger partial charge in [0, 0.05) is 52.5 Å². The van der Waals surface area contributed by atoms with Crippen molar-refractivity contribution in [2.45, 2.75) is 59.9 Å². The standard InChI is InChI=1S/C7H13BO4.C6H10BO4.CH4.I2.HI.H3N.H2/c1-4-5(9)11-7(2,3)6(10-4)12-8;1-3-5(8)9-4(2)6(10-3)11-7;;1-2;;;/h4H,1-3,8H3;3H,1-2,7H3;1H4;;1H;1H3;1H/q;-1;;;;;/t4-;3-;;;;;/m00...../s1. The molecule has 0 aromatic heterocycles. The fourth-order valence-electron chi connectivity index (χ4n) is 1.29. The van der Waals surface area contributed by atoms with E-state index in [0.717, 1.165) is 0 Å². The van der Waals surface area contributed by atoms with E-state index in [0.29, 0.717) is 17.7 Å². The number of halogens is 3. The smallest absolute Gasteiger partial charge is 0.473 e. The first kappa shape index (κ1) is 35.5. The third kappa shape index (κ3) is 10.7. The van der Waals surface area contributed by atoms with Gasteiger partial charge in [-0.2, -0.15) is 0 Å². The van der Waals surface area contributed by atoms with Crippen LogP contribution in [0, 0.1) is 0 Å². The van der Waals surface area contributed by atoms with E-state index in [1.165, 1.54) is 0 Å². The zero-order valence-electron chi connectivity index (χ0n) is 14.3. The summed E-state index contributed by atoms with van der Waals surface area (Å²) in [4.78, 5) is 21.9. The van der Waals surface area contributed by atoms with Gasteiger partial charge in [-0.1, -0.05) is 7.43 Å². The van der Waals surface area contributed by atoms with Crippen LogP contribution in [0.4, 0.5) is 0 Å². The Labute approximate surface area is 210 Å². The van der Waals surface area contributed by atoms with Crippen molar-refractivity contribution in [3.05, 3.63) is 11.7 Å². The summed E-state index contributed by atoms with van der Waals surface area (Å²) in [6.45, 7) is 8.45. The molecule has 2 aliphatic rings. The van der Waals surface area contributed by atoms with Gasteiger partial charge in [0.25, 0.3) is 25.7 Å². The van der Waals surface area contributed by atoms with E-state index in [1.807, 2.05) is 0 Å². The van der Waals surface area contributed by atoms with Gasteiger partial charge in [0.05, 0.1) is 0 Å². The average Bonchev–Trinajstić information content (AvgIpc) is 2.56. The maximum Gasteiger partial charge on any atom is 0.473 e. The molecule has 2 atom stereocenters. The quantitative estimate of drug-likeness (QED) is 0.142. The van der Waals surface area contributed by atoms with E-state index in [4.69, 9.17) is 27.9 Å². The first-order valence-electron chi connectivity index (χ1n) is 6.39. The van der Waals surface area contributed by atoms with Crippen molar-refractivity contribution in [3.8, 4) is 0 Å². The molecule has 170 valence electrons. The predicted molar refractivity (Wildman–Crippen MR) is 143 cm³/mol. The third-order valence-corrected chi connectivity index (χ3v) is 2.62. The van der Waals surface area contributed by atoms with Crippen molar-refractivity contribution in [1.82, 2.24) is 6.15 Å². The van der Waals surface area contributed by atoms with Crippen molar-refractivity contribution in [1.29, 1.82) is 0 Å². The average molecular weight is 746 g/mol. The van der Waals surface area contributed by atoms with E-state index in [1.54, 1.807) is 34.6 Å². The van der Waals surface area contributed by atoms with E-state index in [2.05, 4.69) is 37.2 Å². The molecule has 9 nitrogen and oxygen atoms in total. The van der Waals surface area contributed by atoms with E-state index in [-0.39, 0.29) is 67.0 Å². The van der Waals surface area contributed by atoms with Crippen LogP contribution < -0.4 is 6.15 Å². The van der Waals surface area contributed by atoms with Crippen molar-refractivity contribution < 1.29 is 39.0 Å². The molecule has 0 aromatic rings. The molecule has 0 unspecified atom stereocenters. The monoisotopic (exact) mass is 746 g/mol.